The van der Waals surface area contributed by atoms with E-state index in [0.717, 1.165) is 28.0 Å². The molecule has 38 heavy (non-hydrogen) atoms. The third kappa shape index (κ3) is 5.30. The third-order valence-corrected chi connectivity index (χ3v) is 7.10. The molecule has 1 saturated heterocycles. The van der Waals surface area contributed by atoms with Crippen LogP contribution in [0.3, 0.4) is 0 Å². The first-order chi connectivity index (χ1) is 18.0. The van der Waals surface area contributed by atoms with Crippen molar-refractivity contribution in [3.05, 3.63) is 100 Å². The van der Waals surface area contributed by atoms with Crippen molar-refractivity contribution in [2.75, 3.05) is 20.8 Å². The Morgan fingerprint density at radius 3 is 2.13 bits per heavy atom. The maximum absolute atomic E-state index is 13.4. The van der Waals surface area contributed by atoms with Gasteiger partial charge in [-0.25, -0.2) is 0 Å². The summed E-state index contributed by atoms with van der Waals surface area (Å²) in [6.45, 7) is 8.59. The van der Waals surface area contributed by atoms with Crippen molar-refractivity contribution in [1.82, 2.24) is 4.90 Å². The summed E-state index contributed by atoms with van der Waals surface area (Å²) in [7, 11) is 3.20. The topological polar surface area (TPSA) is 76.1 Å². The quantitative estimate of drug-likeness (QED) is 0.239. The van der Waals surface area contributed by atoms with Gasteiger partial charge in [-0.3, -0.25) is 9.59 Å². The number of nitrogens with zero attached hydrogens (tertiary/aromatic N) is 1. The molecule has 1 unspecified atom stereocenters. The molecule has 0 radical (unpaired) electrons. The summed E-state index contributed by atoms with van der Waals surface area (Å²) in [6.07, 6.45) is 0.551. The highest BCUT2D eigenvalue weighted by molar-refractivity contribution is 6.46. The Labute approximate surface area is 224 Å². The maximum atomic E-state index is 13.4. The van der Waals surface area contributed by atoms with E-state index in [1.165, 1.54) is 0 Å². The van der Waals surface area contributed by atoms with E-state index in [4.69, 9.17) is 9.47 Å². The summed E-state index contributed by atoms with van der Waals surface area (Å²) in [5, 5.41) is 11.4. The van der Waals surface area contributed by atoms with Crippen molar-refractivity contribution in [3.63, 3.8) is 0 Å². The number of benzene rings is 3. The molecule has 1 amide bonds. The average Bonchev–Trinajstić information content (AvgIpc) is 3.16. The van der Waals surface area contributed by atoms with Gasteiger partial charge in [-0.05, 0) is 71.3 Å². The predicted octanol–water partition coefficient (Wildman–Crippen LogP) is 5.97. The number of hydrogen-bond donors (Lipinski definition) is 1. The summed E-state index contributed by atoms with van der Waals surface area (Å²) in [4.78, 5) is 28.3. The molecule has 6 nitrogen and oxygen atoms in total. The molecule has 3 aromatic rings. The summed E-state index contributed by atoms with van der Waals surface area (Å²) in [5.74, 6) is -0.0597. The molecule has 0 aliphatic carbocycles. The lowest BCUT2D eigenvalue weighted by molar-refractivity contribution is -0.139. The average molecular weight is 514 g/mol. The van der Waals surface area contributed by atoms with E-state index >= 15 is 0 Å². The number of hydrogen-bond acceptors (Lipinski definition) is 5. The highest BCUT2D eigenvalue weighted by Crippen LogP contribution is 2.40. The second-order valence-electron chi connectivity index (χ2n) is 10.6. The van der Waals surface area contributed by atoms with Crippen LogP contribution in [0.4, 0.5) is 0 Å². The third-order valence-electron chi connectivity index (χ3n) is 7.10. The van der Waals surface area contributed by atoms with E-state index in [-0.39, 0.29) is 16.7 Å². The fraction of sp³-hybridized carbons (Fsp3) is 0.312. The fourth-order valence-electron chi connectivity index (χ4n) is 4.85. The zero-order chi connectivity index (χ0) is 27.6. The van der Waals surface area contributed by atoms with Gasteiger partial charge in [-0.15, -0.1) is 0 Å². The van der Waals surface area contributed by atoms with Gasteiger partial charge in [-0.1, -0.05) is 57.2 Å². The van der Waals surface area contributed by atoms with Crippen LogP contribution in [0.2, 0.25) is 0 Å². The number of aryl methyl sites for hydroxylation is 1. The molecular formula is C32H35NO5. The number of ketones is 1. The molecule has 198 valence electrons. The largest absolute Gasteiger partial charge is 0.507 e. The first kappa shape index (κ1) is 27.0. The molecule has 1 aliphatic rings. The SMILES string of the molecule is COc1ccc(CCN2C(=O)C(=O)/C(=C(\O)c3ccc(OC)c(C)c3)C2c2ccc(C(C)(C)C)cc2)cc1. The van der Waals surface area contributed by atoms with Gasteiger partial charge in [0, 0.05) is 12.1 Å². The van der Waals surface area contributed by atoms with Crippen molar-refractivity contribution >= 4 is 17.4 Å². The molecule has 3 aromatic carbocycles. The van der Waals surface area contributed by atoms with E-state index in [1.807, 2.05) is 55.5 Å². The van der Waals surface area contributed by atoms with Gasteiger partial charge in [0.2, 0.25) is 0 Å². The summed E-state index contributed by atoms with van der Waals surface area (Å²) >= 11 is 0. The van der Waals surface area contributed by atoms with Crippen LogP contribution in [0.25, 0.3) is 5.76 Å². The lowest BCUT2D eigenvalue weighted by Crippen LogP contribution is -2.31. The summed E-state index contributed by atoms with van der Waals surface area (Å²) in [5.41, 5.74) is 4.26. The number of rotatable bonds is 7. The first-order valence-corrected chi connectivity index (χ1v) is 12.7. The fourth-order valence-corrected chi connectivity index (χ4v) is 4.85. The van der Waals surface area contributed by atoms with Gasteiger partial charge < -0.3 is 19.5 Å². The van der Waals surface area contributed by atoms with Crippen LogP contribution in [-0.2, 0) is 21.4 Å². The van der Waals surface area contributed by atoms with E-state index in [2.05, 4.69) is 20.8 Å². The van der Waals surface area contributed by atoms with Crippen LogP contribution < -0.4 is 9.47 Å². The number of carbonyl (C=O) groups excluding carboxylic acids is 2. The zero-order valence-electron chi connectivity index (χ0n) is 22.9. The molecule has 4 rings (SSSR count). The van der Waals surface area contributed by atoms with E-state index in [9.17, 15) is 14.7 Å². The van der Waals surface area contributed by atoms with Crippen molar-refractivity contribution in [2.45, 2.75) is 45.6 Å². The van der Waals surface area contributed by atoms with E-state index in [0.29, 0.717) is 24.3 Å². The van der Waals surface area contributed by atoms with Crippen LogP contribution >= 0.6 is 0 Å². The molecule has 1 atom stereocenters. The minimum atomic E-state index is -0.704. The van der Waals surface area contributed by atoms with Crippen molar-refractivity contribution < 1.29 is 24.2 Å². The molecule has 0 bridgehead atoms. The van der Waals surface area contributed by atoms with Crippen molar-refractivity contribution in [1.29, 1.82) is 0 Å². The second kappa shape index (κ2) is 10.7. The standard InChI is InChI=1S/C32H35NO5/c1-20-19-23(11-16-26(20)38-6)29(34)27-28(22-9-12-24(13-10-22)32(2,3)4)33(31(36)30(27)35)18-17-21-7-14-25(37-5)15-8-21/h7-16,19,28,34H,17-18H2,1-6H3/b29-27-. The molecule has 0 spiro atoms. The Bertz CT molecular complexity index is 1360. The van der Waals surface area contributed by atoms with E-state index in [1.54, 1.807) is 37.3 Å². The Morgan fingerprint density at radius 1 is 0.921 bits per heavy atom. The van der Waals surface area contributed by atoms with Crippen molar-refractivity contribution in [2.24, 2.45) is 0 Å². The van der Waals surface area contributed by atoms with Gasteiger partial charge in [0.15, 0.2) is 0 Å². The van der Waals surface area contributed by atoms with Crippen LogP contribution in [0.5, 0.6) is 11.5 Å². The van der Waals surface area contributed by atoms with Gasteiger partial charge in [0.1, 0.15) is 17.3 Å². The van der Waals surface area contributed by atoms with Crippen LogP contribution in [0.1, 0.15) is 54.6 Å². The minimum absolute atomic E-state index is 0.0463. The Morgan fingerprint density at radius 2 is 1.58 bits per heavy atom. The number of ether oxygens (including phenoxy) is 2. The Balaban J connectivity index is 1.77. The number of likely N-dealkylation sites (tertiary alicyclic amines) is 1. The summed E-state index contributed by atoms with van der Waals surface area (Å²) < 4.78 is 10.6. The molecule has 1 heterocycles. The second-order valence-corrected chi connectivity index (χ2v) is 10.6. The molecule has 1 aliphatic heterocycles. The van der Waals surface area contributed by atoms with Gasteiger partial charge in [0.25, 0.3) is 11.7 Å². The number of aliphatic hydroxyl groups excluding tert-OH is 1. The molecule has 0 saturated carbocycles. The minimum Gasteiger partial charge on any atom is -0.507 e. The normalized spacial score (nSPS) is 17.1. The molecule has 6 heteroatoms. The monoisotopic (exact) mass is 513 g/mol. The lowest BCUT2D eigenvalue weighted by atomic mass is 9.85. The number of amides is 1. The highest BCUT2D eigenvalue weighted by atomic mass is 16.5. The van der Waals surface area contributed by atoms with Gasteiger partial charge in [0.05, 0.1) is 25.8 Å². The van der Waals surface area contributed by atoms with Gasteiger partial charge in [-0.2, -0.15) is 0 Å². The lowest BCUT2D eigenvalue weighted by Gasteiger charge is -2.26. The summed E-state index contributed by atoms with van der Waals surface area (Å²) in [6, 6.07) is 20.1. The smallest absolute Gasteiger partial charge is 0.295 e. The predicted molar refractivity (Wildman–Crippen MR) is 149 cm³/mol. The number of carbonyl (C=O) groups is 2. The Hall–Kier alpha value is -4.06. The van der Waals surface area contributed by atoms with Crippen LogP contribution in [0, 0.1) is 6.92 Å². The van der Waals surface area contributed by atoms with Crippen molar-refractivity contribution in [3.8, 4) is 11.5 Å². The van der Waals surface area contributed by atoms with E-state index < -0.39 is 17.7 Å². The molecule has 0 aromatic heterocycles. The number of methoxy groups -OCH3 is 2. The highest BCUT2D eigenvalue weighted by Gasteiger charge is 2.45. The molecule has 1 N–H and O–H groups in total. The molecule has 1 fully saturated rings. The van der Waals surface area contributed by atoms with Crippen LogP contribution in [-0.4, -0.2) is 42.5 Å². The maximum Gasteiger partial charge on any atom is 0.295 e. The molecular weight excluding hydrogens is 478 g/mol. The number of aliphatic hydroxyl groups is 1. The first-order valence-electron chi connectivity index (χ1n) is 12.7. The number of Topliss-reactive ketones (excluding diaryl/α,β-unsaturated/α-hetero) is 1. The Kier molecular flexibility index (Phi) is 7.63. The zero-order valence-corrected chi connectivity index (χ0v) is 22.9. The van der Waals surface area contributed by atoms with Gasteiger partial charge >= 0.3 is 0 Å². The van der Waals surface area contributed by atoms with Crippen LogP contribution in [0.15, 0.2) is 72.3 Å².